The van der Waals surface area contributed by atoms with Crippen molar-refractivity contribution < 1.29 is 23.2 Å². The van der Waals surface area contributed by atoms with Gasteiger partial charge < -0.3 is 14.0 Å². The van der Waals surface area contributed by atoms with Crippen LogP contribution in [0.25, 0.3) is 0 Å². The van der Waals surface area contributed by atoms with Crippen molar-refractivity contribution in [1.82, 2.24) is 0 Å². The number of carbonyl (C=O) groups is 1. The van der Waals surface area contributed by atoms with Gasteiger partial charge in [-0.15, -0.1) is 0 Å². The lowest BCUT2D eigenvalue weighted by atomic mass is 9.80. The Labute approximate surface area is 149 Å². The lowest BCUT2D eigenvalue weighted by Gasteiger charge is -2.32. The fourth-order valence-corrected chi connectivity index (χ4v) is 2.44. The smallest absolute Gasteiger partial charge is 0.444 e. The Hall–Kier alpha value is -1.60. The molecule has 0 aromatic heterocycles. The van der Waals surface area contributed by atoms with E-state index < -0.39 is 35.8 Å². The van der Waals surface area contributed by atoms with Crippen molar-refractivity contribution in [2.24, 2.45) is 0 Å². The van der Waals surface area contributed by atoms with Crippen LogP contribution < -0.4 is 5.32 Å². The molecule has 138 valence electrons. The Morgan fingerprint density at radius 3 is 2.24 bits per heavy atom. The van der Waals surface area contributed by atoms with E-state index in [4.69, 9.17) is 14.0 Å². The van der Waals surface area contributed by atoms with Crippen molar-refractivity contribution in [3.05, 3.63) is 29.6 Å². The maximum Gasteiger partial charge on any atom is 0.462 e. The number of halogens is 1. The monoisotopic (exact) mass is 351 g/mol. The number of hydrogen-bond acceptors (Lipinski definition) is 4. The zero-order valence-corrected chi connectivity index (χ0v) is 16.0. The predicted octanol–water partition coefficient (Wildman–Crippen LogP) is 4.35. The molecule has 1 aromatic carbocycles. The van der Waals surface area contributed by atoms with E-state index in [2.05, 4.69) is 5.32 Å². The Bertz CT molecular complexity index is 639. The third-order valence-corrected chi connectivity index (χ3v) is 4.39. The summed E-state index contributed by atoms with van der Waals surface area (Å²) in [5, 5.41) is 2.52. The molecular weight excluding hydrogens is 324 g/mol. The van der Waals surface area contributed by atoms with Crippen LogP contribution in [0.4, 0.5) is 14.9 Å². The first-order chi connectivity index (χ1) is 11.3. The van der Waals surface area contributed by atoms with Gasteiger partial charge in [-0.05, 0) is 66.2 Å². The van der Waals surface area contributed by atoms with E-state index in [1.165, 1.54) is 6.07 Å². The van der Waals surface area contributed by atoms with Crippen LogP contribution in [-0.2, 0) is 20.4 Å². The Balaban J connectivity index is 2.02. The molecule has 0 spiro atoms. The van der Waals surface area contributed by atoms with Gasteiger partial charge in [-0.25, -0.2) is 9.18 Å². The van der Waals surface area contributed by atoms with Gasteiger partial charge in [0.2, 0.25) is 0 Å². The molecule has 5 nitrogen and oxygen atoms in total. The molecule has 1 aromatic rings. The largest absolute Gasteiger partial charge is 0.462 e. The topological polar surface area (TPSA) is 56.8 Å². The summed E-state index contributed by atoms with van der Waals surface area (Å²) in [6.07, 6.45) is -0.323. The summed E-state index contributed by atoms with van der Waals surface area (Å²) >= 11 is 0. The van der Waals surface area contributed by atoms with E-state index in [1.54, 1.807) is 32.9 Å². The number of anilines is 1. The van der Waals surface area contributed by atoms with Gasteiger partial charge in [0.05, 0.1) is 11.2 Å². The molecule has 0 bridgehead atoms. The molecule has 2 rings (SSSR count). The molecule has 0 aliphatic carbocycles. The quantitative estimate of drug-likeness (QED) is 0.823. The second-order valence-corrected chi connectivity index (χ2v) is 8.32. The van der Waals surface area contributed by atoms with Crippen molar-refractivity contribution in [2.45, 2.75) is 71.6 Å². The SMILES string of the molecule is CC(C)(C)OC(=O)Nc1ccc(CB2OC(C)(C)C(C)(C)O2)c(F)c1. The van der Waals surface area contributed by atoms with Crippen LogP contribution in [-0.4, -0.2) is 30.0 Å². The maximum absolute atomic E-state index is 14.4. The van der Waals surface area contributed by atoms with Crippen LogP contribution in [0.5, 0.6) is 0 Å². The van der Waals surface area contributed by atoms with E-state index in [1.807, 2.05) is 27.7 Å². The highest BCUT2D eigenvalue weighted by Crippen LogP contribution is 2.37. The predicted molar refractivity (Wildman–Crippen MR) is 96.0 cm³/mol. The third-order valence-electron chi connectivity index (χ3n) is 4.39. The number of amides is 1. The molecule has 1 fully saturated rings. The van der Waals surface area contributed by atoms with Crippen LogP contribution in [0.15, 0.2) is 18.2 Å². The van der Waals surface area contributed by atoms with Crippen LogP contribution >= 0.6 is 0 Å². The van der Waals surface area contributed by atoms with E-state index in [0.29, 0.717) is 17.6 Å². The normalized spacial score (nSPS) is 19.0. The van der Waals surface area contributed by atoms with Crippen LogP contribution in [0.1, 0.15) is 54.0 Å². The first kappa shape index (κ1) is 19.7. The Morgan fingerprint density at radius 1 is 1.20 bits per heavy atom. The zero-order chi connectivity index (χ0) is 19.0. The Morgan fingerprint density at radius 2 is 1.76 bits per heavy atom. The molecule has 25 heavy (non-hydrogen) atoms. The molecule has 1 heterocycles. The zero-order valence-electron chi connectivity index (χ0n) is 16.0. The molecule has 0 atom stereocenters. The van der Waals surface area contributed by atoms with E-state index in [9.17, 15) is 9.18 Å². The molecule has 1 amide bonds. The summed E-state index contributed by atoms with van der Waals surface area (Å²) < 4.78 is 31.3. The van der Waals surface area contributed by atoms with Gasteiger partial charge >= 0.3 is 13.2 Å². The second kappa shape index (κ2) is 6.61. The van der Waals surface area contributed by atoms with E-state index in [0.717, 1.165) is 0 Å². The van der Waals surface area contributed by atoms with E-state index in [-0.39, 0.29) is 0 Å². The molecular formula is C18H27BFNO4. The summed E-state index contributed by atoms with van der Waals surface area (Å²) in [4.78, 5) is 11.8. The minimum absolute atomic E-state index is 0.297. The van der Waals surface area contributed by atoms with Crippen molar-refractivity contribution in [1.29, 1.82) is 0 Å². The minimum Gasteiger partial charge on any atom is -0.444 e. The molecule has 0 radical (unpaired) electrons. The van der Waals surface area contributed by atoms with Crippen LogP contribution in [0, 0.1) is 5.82 Å². The number of rotatable bonds is 3. The highest BCUT2D eigenvalue weighted by molar-refractivity contribution is 6.45. The van der Waals surface area contributed by atoms with Crippen LogP contribution in [0.2, 0.25) is 0 Å². The van der Waals surface area contributed by atoms with E-state index >= 15 is 0 Å². The standard InChI is InChI=1S/C18H27BFNO4/c1-16(2,3)23-15(22)21-13-9-8-12(14(20)10-13)11-19-24-17(4,5)18(6,7)25-19/h8-10H,11H2,1-7H3,(H,21,22). The molecule has 0 unspecified atom stereocenters. The lowest BCUT2D eigenvalue weighted by Crippen LogP contribution is -2.41. The third kappa shape index (κ3) is 4.95. The number of carbonyl (C=O) groups excluding carboxylic acids is 1. The number of benzene rings is 1. The molecule has 1 aliphatic heterocycles. The van der Waals surface area contributed by atoms with Gasteiger partial charge in [0, 0.05) is 12.0 Å². The molecule has 1 N–H and O–H groups in total. The van der Waals surface area contributed by atoms with Gasteiger partial charge in [0.1, 0.15) is 11.4 Å². The molecule has 0 saturated carbocycles. The average Bonchev–Trinajstić information content (AvgIpc) is 2.58. The van der Waals surface area contributed by atoms with Gasteiger partial charge in [-0.2, -0.15) is 0 Å². The number of ether oxygens (including phenoxy) is 1. The average molecular weight is 351 g/mol. The van der Waals surface area contributed by atoms with Gasteiger partial charge in [0.15, 0.2) is 0 Å². The highest BCUT2D eigenvalue weighted by atomic mass is 19.1. The molecule has 1 saturated heterocycles. The minimum atomic E-state index is -0.620. The van der Waals surface area contributed by atoms with Crippen molar-refractivity contribution in [2.75, 3.05) is 5.32 Å². The molecule has 7 heteroatoms. The summed E-state index contributed by atoms with van der Waals surface area (Å²) in [7, 11) is -0.510. The van der Waals surface area contributed by atoms with Crippen LogP contribution in [0.3, 0.4) is 0 Å². The summed E-state index contributed by atoms with van der Waals surface area (Å²) in [6.45, 7) is 13.1. The Kier molecular flexibility index (Phi) is 5.22. The number of hydrogen-bond donors (Lipinski definition) is 1. The van der Waals surface area contributed by atoms with Crippen molar-refractivity contribution >= 4 is 18.9 Å². The van der Waals surface area contributed by atoms with Gasteiger partial charge in [0.25, 0.3) is 0 Å². The summed E-state index contributed by atoms with van der Waals surface area (Å²) in [5.74, 6) is -0.428. The van der Waals surface area contributed by atoms with Crippen molar-refractivity contribution in [3.8, 4) is 0 Å². The van der Waals surface area contributed by atoms with Crippen molar-refractivity contribution in [3.63, 3.8) is 0 Å². The fourth-order valence-electron chi connectivity index (χ4n) is 2.44. The highest BCUT2D eigenvalue weighted by Gasteiger charge is 2.50. The lowest BCUT2D eigenvalue weighted by molar-refractivity contribution is 0.00578. The summed E-state index contributed by atoms with van der Waals surface area (Å²) in [5.41, 5.74) is -0.712. The van der Waals surface area contributed by atoms with Gasteiger partial charge in [-0.1, -0.05) is 6.07 Å². The molecule has 1 aliphatic rings. The number of nitrogens with one attached hydrogen (secondary N) is 1. The second-order valence-electron chi connectivity index (χ2n) is 8.32. The fraction of sp³-hybridized carbons (Fsp3) is 0.611. The summed E-state index contributed by atoms with van der Waals surface area (Å²) in [6, 6.07) is 4.52. The first-order valence-electron chi connectivity index (χ1n) is 8.43. The first-order valence-corrected chi connectivity index (χ1v) is 8.43. The maximum atomic E-state index is 14.4. The van der Waals surface area contributed by atoms with Gasteiger partial charge in [-0.3, -0.25) is 5.32 Å².